The first kappa shape index (κ1) is 13.5. The minimum absolute atomic E-state index is 0.0588. The molecule has 3 N–H and O–H groups in total. The Bertz CT molecular complexity index is 404. The van der Waals surface area contributed by atoms with Crippen LogP contribution in [0.3, 0.4) is 0 Å². The maximum atomic E-state index is 10.8. The molecule has 0 radical (unpaired) electrons. The topological polar surface area (TPSA) is 72.5 Å². The molecule has 0 aliphatic carbocycles. The van der Waals surface area contributed by atoms with Crippen molar-refractivity contribution in [1.29, 1.82) is 0 Å². The highest BCUT2D eigenvalue weighted by atomic mass is 16.5. The molecule has 0 aliphatic heterocycles. The van der Waals surface area contributed by atoms with E-state index in [1.54, 1.807) is 18.2 Å². The van der Waals surface area contributed by atoms with Crippen LogP contribution >= 0.6 is 0 Å². The molecule has 1 aromatic rings. The summed E-state index contributed by atoms with van der Waals surface area (Å²) in [6.45, 7) is 5.41. The van der Waals surface area contributed by atoms with Gasteiger partial charge in [-0.05, 0) is 23.6 Å². The van der Waals surface area contributed by atoms with Gasteiger partial charge in [0.2, 0.25) is 0 Å². The Morgan fingerprint density at radius 2 is 2.18 bits per heavy atom. The van der Waals surface area contributed by atoms with Crippen LogP contribution in [0.15, 0.2) is 18.2 Å². The van der Waals surface area contributed by atoms with Crippen molar-refractivity contribution in [3.05, 3.63) is 23.8 Å². The quantitative estimate of drug-likeness (QED) is 0.623. The third-order valence-corrected chi connectivity index (χ3v) is 2.88. The summed E-state index contributed by atoms with van der Waals surface area (Å²) < 4.78 is 4.84. The second kappa shape index (κ2) is 5.68. The number of ether oxygens (including phenoxy) is 1. The highest BCUT2D eigenvalue weighted by molar-refractivity contribution is 5.70. The molecule has 0 aliphatic rings. The maximum Gasteiger partial charge on any atom is 0.308 e. The van der Waals surface area contributed by atoms with Gasteiger partial charge in [0.1, 0.15) is 0 Å². The second-order valence-corrected chi connectivity index (χ2v) is 4.23. The van der Waals surface area contributed by atoms with Gasteiger partial charge in [-0.3, -0.25) is 4.79 Å². The molecule has 4 heteroatoms. The first-order valence-electron chi connectivity index (χ1n) is 5.72. The van der Waals surface area contributed by atoms with Crippen LogP contribution in [-0.4, -0.2) is 11.1 Å². The predicted octanol–water partition coefficient (Wildman–Crippen LogP) is 2.36. The van der Waals surface area contributed by atoms with Gasteiger partial charge in [0.05, 0.1) is 0 Å². The maximum absolute atomic E-state index is 10.8. The van der Waals surface area contributed by atoms with Crippen LogP contribution in [0.2, 0.25) is 0 Å². The zero-order chi connectivity index (χ0) is 13.0. The van der Waals surface area contributed by atoms with Gasteiger partial charge < -0.3 is 15.6 Å². The number of hydrogen-bond acceptors (Lipinski definition) is 4. The van der Waals surface area contributed by atoms with Gasteiger partial charge in [0.25, 0.3) is 0 Å². The van der Waals surface area contributed by atoms with E-state index in [0.717, 1.165) is 12.0 Å². The number of nitrogens with two attached hydrogens (primary N) is 1. The second-order valence-electron chi connectivity index (χ2n) is 4.23. The van der Waals surface area contributed by atoms with Crippen LogP contribution in [-0.2, 0) is 4.79 Å². The van der Waals surface area contributed by atoms with Crippen LogP contribution in [0.1, 0.15) is 38.8 Å². The van der Waals surface area contributed by atoms with Gasteiger partial charge in [-0.25, -0.2) is 0 Å². The van der Waals surface area contributed by atoms with Gasteiger partial charge >= 0.3 is 5.97 Å². The third-order valence-electron chi connectivity index (χ3n) is 2.88. The van der Waals surface area contributed by atoms with E-state index in [9.17, 15) is 9.90 Å². The SMILES string of the molecule is CCC(C)[C@@H](N)c1ccc(OC(C)=O)c(O)c1. The molecule has 0 amide bonds. The van der Waals surface area contributed by atoms with Crippen LogP contribution < -0.4 is 10.5 Å². The number of carbonyl (C=O) groups is 1. The first-order chi connectivity index (χ1) is 7.95. The monoisotopic (exact) mass is 237 g/mol. The van der Waals surface area contributed by atoms with Crippen LogP contribution in [0.5, 0.6) is 11.5 Å². The van der Waals surface area contributed by atoms with Crippen molar-refractivity contribution in [3.63, 3.8) is 0 Å². The van der Waals surface area contributed by atoms with E-state index < -0.39 is 5.97 Å². The van der Waals surface area contributed by atoms with Crippen LogP contribution in [0, 0.1) is 5.92 Å². The summed E-state index contributed by atoms with van der Waals surface area (Å²) >= 11 is 0. The van der Waals surface area contributed by atoms with Crippen LogP contribution in [0.25, 0.3) is 0 Å². The van der Waals surface area contributed by atoms with Crippen molar-refractivity contribution in [2.75, 3.05) is 0 Å². The lowest BCUT2D eigenvalue weighted by atomic mass is 9.93. The summed E-state index contributed by atoms with van der Waals surface area (Å²) in [5.41, 5.74) is 6.89. The van der Waals surface area contributed by atoms with Crippen molar-refractivity contribution in [2.24, 2.45) is 11.7 Å². The fourth-order valence-corrected chi connectivity index (χ4v) is 1.57. The molecule has 0 saturated heterocycles. The number of phenolic OH excluding ortho intramolecular Hbond substituents is 1. The number of benzene rings is 1. The smallest absolute Gasteiger partial charge is 0.308 e. The Balaban J connectivity index is 2.92. The highest BCUT2D eigenvalue weighted by Crippen LogP contribution is 2.31. The molecule has 0 fully saturated rings. The molecule has 0 aromatic heterocycles. The molecule has 0 heterocycles. The molecule has 1 unspecified atom stereocenters. The van der Waals surface area contributed by atoms with E-state index in [4.69, 9.17) is 10.5 Å². The van der Waals surface area contributed by atoms with Crippen molar-refractivity contribution in [3.8, 4) is 11.5 Å². The minimum Gasteiger partial charge on any atom is -0.504 e. The van der Waals surface area contributed by atoms with E-state index in [2.05, 4.69) is 13.8 Å². The highest BCUT2D eigenvalue weighted by Gasteiger charge is 2.15. The molecule has 0 saturated carbocycles. The summed E-state index contributed by atoms with van der Waals surface area (Å²) in [7, 11) is 0. The van der Waals surface area contributed by atoms with Gasteiger partial charge in [-0.2, -0.15) is 0 Å². The van der Waals surface area contributed by atoms with E-state index >= 15 is 0 Å². The lowest BCUT2D eigenvalue weighted by molar-refractivity contribution is -0.132. The lowest BCUT2D eigenvalue weighted by Crippen LogP contribution is -2.18. The normalized spacial score (nSPS) is 14.1. The third kappa shape index (κ3) is 3.46. The fraction of sp³-hybridized carbons (Fsp3) is 0.462. The van der Waals surface area contributed by atoms with Gasteiger partial charge in [-0.15, -0.1) is 0 Å². The number of phenols is 1. The average molecular weight is 237 g/mol. The van der Waals surface area contributed by atoms with E-state index in [1.807, 2.05) is 0 Å². The molecule has 0 bridgehead atoms. The lowest BCUT2D eigenvalue weighted by Gasteiger charge is -2.19. The molecular weight excluding hydrogens is 218 g/mol. The molecule has 94 valence electrons. The van der Waals surface area contributed by atoms with Crippen molar-refractivity contribution in [2.45, 2.75) is 33.2 Å². The summed E-state index contributed by atoms with van der Waals surface area (Å²) in [6.07, 6.45) is 0.966. The zero-order valence-electron chi connectivity index (χ0n) is 10.4. The van der Waals surface area contributed by atoms with Crippen LogP contribution in [0.4, 0.5) is 0 Å². The largest absolute Gasteiger partial charge is 0.504 e. The molecule has 1 rings (SSSR count). The molecule has 0 spiro atoms. The molecule has 4 nitrogen and oxygen atoms in total. The molecule has 2 atom stereocenters. The fourth-order valence-electron chi connectivity index (χ4n) is 1.57. The zero-order valence-corrected chi connectivity index (χ0v) is 10.4. The Kier molecular flexibility index (Phi) is 4.52. The molecular formula is C13H19NO3. The van der Waals surface area contributed by atoms with Gasteiger partial charge in [0, 0.05) is 13.0 Å². The Labute approximate surface area is 101 Å². The molecule has 17 heavy (non-hydrogen) atoms. The van der Waals surface area contributed by atoms with Gasteiger partial charge in [0.15, 0.2) is 11.5 Å². The number of rotatable bonds is 4. The predicted molar refractivity (Wildman–Crippen MR) is 65.8 cm³/mol. The summed E-state index contributed by atoms with van der Waals surface area (Å²) in [5, 5.41) is 9.71. The summed E-state index contributed by atoms with van der Waals surface area (Å²) in [4.78, 5) is 10.8. The van der Waals surface area contributed by atoms with E-state index in [1.165, 1.54) is 6.92 Å². The van der Waals surface area contributed by atoms with Crippen molar-refractivity contribution >= 4 is 5.97 Å². The number of aromatic hydroxyl groups is 1. The first-order valence-corrected chi connectivity index (χ1v) is 5.72. The van der Waals surface area contributed by atoms with Gasteiger partial charge in [-0.1, -0.05) is 26.3 Å². The van der Waals surface area contributed by atoms with E-state index in [-0.39, 0.29) is 17.5 Å². The number of hydrogen-bond donors (Lipinski definition) is 2. The van der Waals surface area contributed by atoms with Crippen molar-refractivity contribution < 1.29 is 14.6 Å². The summed E-state index contributed by atoms with van der Waals surface area (Å²) in [5.74, 6) is -0.0256. The van der Waals surface area contributed by atoms with E-state index in [0.29, 0.717) is 5.92 Å². The minimum atomic E-state index is -0.459. The number of esters is 1. The Morgan fingerprint density at radius 1 is 1.53 bits per heavy atom. The number of carbonyl (C=O) groups excluding carboxylic acids is 1. The standard InChI is InChI=1S/C13H19NO3/c1-4-8(2)13(14)10-5-6-12(11(16)7-10)17-9(3)15/h5-8,13,16H,4,14H2,1-3H3/t8?,13-/m1/s1. The Morgan fingerprint density at radius 3 is 2.65 bits per heavy atom. The Hall–Kier alpha value is -1.55. The van der Waals surface area contributed by atoms with Crippen molar-refractivity contribution in [1.82, 2.24) is 0 Å². The molecule has 1 aromatic carbocycles. The average Bonchev–Trinajstić information content (AvgIpc) is 2.29. The summed E-state index contributed by atoms with van der Waals surface area (Å²) in [6, 6.07) is 4.76.